The first-order valence-corrected chi connectivity index (χ1v) is 9.57. The Morgan fingerprint density at radius 2 is 1.93 bits per heavy atom. The van der Waals surface area contributed by atoms with Gasteiger partial charge >= 0.3 is 12.1 Å². The number of likely N-dealkylation sites (tertiary alicyclic amines) is 1. The number of carbonyl (C=O) groups is 3. The Morgan fingerprint density at radius 3 is 2.57 bits per heavy atom. The van der Waals surface area contributed by atoms with E-state index >= 15 is 0 Å². The molecule has 2 fully saturated rings. The summed E-state index contributed by atoms with van der Waals surface area (Å²) in [5.74, 6) is -0.498. The molecule has 0 unspecified atom stereocenters. The van der Waals surface area contributed by atoms with Crippen molar-refractivity contribution in [2.45, 2.75) is 24.9 Å². The van der Waals surface area contributed by atoms with Gasteiger partial charge in [-0.05, 0) is 25.0 Å². The summed E-state index contributed by atoms with van der Waals surface area (Å²) in [5.41, 5.74) is 0.0692. The van der Waals surface area contributed by atoms with Gasteiger partial charge in [-0.25, -0.2) is 14.6 Å². The predicted molar refractivity (Wildman–Crippen MR) is 104 cm³/mol. The highest BCUT2D eigenvalue weighted by Gasteiger charge is 2.54. The first kappa shape index (κ1) is 19.7. The van der Waals surface area contributed by atoms with E-state index in [-0.39, 0.29) is 43.7 Å². The van der Waals surface area contributed by atoms with Crippen LogP contribution in [0.25, 0.3) is 0 Å². The molecule has 1 N–H and O–H groups in total. The molecule has 0 atom stereocenters. The van der Waals surface area contributed by atoms with Gasteiger partial charge in [-0.1, -0.05) is 18.2 Å². The maximum absolute atomic E-state index is 13.6. The highest BCUT2D eigenvalue weighted by molar-refractivity contribution is 5.94. The maximum atomic E-state index is 13.6. The molecule has 2 aromatic rings. The van der Waals surface area contributed by atoms with Gasteiger partial charge in [0.25, 0.3) is 0 Å². The number of carbonyl (C=O) groups excluding carboxylic acids is 2. The van der Waals surface area contributed by atoms with Gasteiger partial charge in [0, 0.05) is 18.8 Å². The molecule has 0 saturated carbocycles. The van der Waals surface area contributed by atoms with Crippen LogP contribution in [-0.4, -0.2) is 70.3 Å². The third-order valence-corrected chi connectivity index (χ3v) is 5.80. The lowest BCUT2D eigenvalue weighted by Gasteiger charge is -2.42. The summed E-state index contributed by atoms with van der Waals surface area (Å²) in [7, 11) is 1.25. The Kier molecular flexibility index (Phi) is 5.06. The molecular formula is C20H22N4O6. The molecular weight excluding hydrogens is 392 g/mol. The van der Waals surface area contributed by atoms with E-state index in [1.165, 1.54) is 12.0 Å². The van der Waals surface area contributed by atoms with Gasteiger partial charge in [0.15, 0.2) is 17.8 Å². The predicted octanol–water partition coefficient (Wildman–Crippen LogP) is 1.78. The normalized spacial score (nSPS) is 18.2. The molecule has 4 rings (SSSR count). The van der Waals surface area contributed by atoms with E-state index < -0.39 is 17.6 Å². The zero-order chi connectivity index (χ0) is 21.3. The highest BCUT2D eigenvalue weighted by Crippen LogP contribution is 2.40. The second kappa shape index (κ2) is 7.69. The van der Waals surface area contributed by atoms with Crippen LogP contribution in [0.15, 0.2) is 41.1 Å². The van der Waals surface area contributed by atoms with Gasteiger partial charge in [0.05, 0.1) is 20.3 Å². The highest BCUT2D eigenvalue weighted by atomic mass is 16.5. The Balaban J connectivity index is 1.64. The number of carboxylic acid groups (broad SMARTS) is 1. The van der Waals surface area contributed by atoms with Crippen molar-refractivity contribution in [1.29, 1.82) is 0 Å². The lowest BCUT2D eigenvalue weighted by molar-refractivity contribution is -0.134. The number of amides is 2. The molecule has 10 nitrogen and oxygen atoms in total. The van der Waals surface area contributed by atoms with E-state index in [0.29, 0.717) is 12.8 Å². The topological polar surface area (TPSA) is 116 Å². The SMILES string of the molecule is COC(=O)c1ncoc1CN1CN(c2ccccc2)C2(CCN(C(=O)O)CC2)C1=O. The van der Waals surface area contributed by atoms with Crippen molar-refractivity contribution >= 4 is 23.7 Å². The van der Waals surface area contributed by atoms with Crippen LogP contribution in [0, 0.1) is 0 Å². The number of nitrogens with zero attached hydrogens (tertiary/aromatic N) is 4. The van der Waals surface area contributed by atoms with Gasteiger partial charge in [-0.15, -0.1) is 0 Å². The third kappa shape index (κ3) is 3.23. The van der Waals surface area contributed by atoms with Gasteiger partial charge in [-0.2, -0.15) is 0 Å². The summed E-state index contributed by atoms with van der Waals surface area (Å²) in [4.78, 5) is 45.7. The molecule has 2 aliphatic rings. The number of hydrogen-bond acceptors (Lipinski definition) is 7. The monoisotopic (exact) mass is 414 g/mol. The zero-order valence-electron chi connectivity index (χ0n) is 16.5. The average molecular weight is 414 g/mol. The first-order chi connectivity index (χ1) is 14.5. The Labute approximate surface area is 172 Å². The van der Waals surface area contributed by atoms with Crippen molar-refractivity contribution in [1.82, 2.24) is 14.8 Å². The Bertz CT molecular complexity index is 951. The number of esters is 1. The van der Waals surface area contributed by atoms with Crippen molar-refractivity contribution < 1.29 is 28.6 Å². The van der Waals surface area contributed by atoms with E-state index in [0.717, 1.165) is 12.1 Å². The number of piperidine rings is 1. The number of oxazole rings is 1. The number of aromatic nitrogens is 1. The molecule has 2 amide bonds. The standard InChI is InChI=1S/C20H22N4O6/c1-29-17(25)16-15(30-12-21-16)11-23-13-24(14-5-3-2-4-6-14)20(18(23)26)7-9-22(10-8-20)19(27)28/h2-6,12H,7-11,13H2,1H3,(H,27,28). The largest absolute Gasteiger partial charge is 0.465 e. The molecule has 3 heterocycles. The summed E-state index contributed by atoms with van der Waals surface area (Å²) in [6.07, 6.45) is 0.925. The summed E-state index contributed by atoms with van der Waals surface area (Å²) in [6, 6.07) is 9.55. The zero-order valence-corrected chi connectivity index (χ0v) is 16.5. The van der Waals surface area contributed by atoms with Crippen LogP contribution in [0.1, 0.15) is 29.1 Å². The Morgan fingerprint density at radius 1 is 1.23 bits per heavy atom. The Hall–Kier alpha value is -3.56. The first-order valence-electron chi connectivity index (χ1n) is 9.57. The quantitative estimate of drug-likeness (QED) is 0.753. The van der Waals surface area contributed by atoms with Crippen molar-refractivity contribution in [3.8, 4) is 0 Å². The second-order valence-corrected chi connectivity index (χ2v) is 7.33. The van der Waals surface area contributed by atoms with E-state index in [2.05, 4.69) is 4.98 Å². The molecule has 0 aliphatic carbocycles. The van der Waals surface area contributed by atoms with Gasteiger partial charge in [-0.3, -0.25) is 4.79 Å². The van der Waals surface area contributed by atoms with E-state index in [1.54, 1.807) is 4.90 Å². The van der Waals surface area contributed by atoms with Gasteiger partial charge in [0.1, 0.15) is 5.54 Å². The summed E-state index contributed by atoms with van der Waals surface area (Å²) in [5, 5.41) is 9.30. The van der Waals surface area contributed by atoms with Crippen molar-refractivity contribution in [2.24, 2.45) is 0 Å². The number of rotatable bonds is 4. The number of ether oxygens (including phenoxy) is 1. The molecule has 158 valence electrons. The van der Waals surface area contributed by atoms with Crippen LogP contribution in [0.3, 0.4) is 0 Å². The van der Waals surface area contributed by atoms with Crippen LogP contribution in [-0.2, 0) is 16.1 Å². The molecule has 1 aromatic carbocycles. The lowest BCUT2D eigenvalue weighted by atomic mass is 9.85. The molecule has 1 aromatic heterocycles. The fourth-order valence-electron chi connectivity index (χ4n) is 4.21. The molecule has 1 spiro atoms. The summed E-state index contributed by atoms with van der Waals surface area (Å²) >= 11 is 0. The van der Waals surface area contributed by atoms with Gasteiger partial charge < -0.3 is 29.0 Å². The second-order valence-electron chi connectivity index (χ2n) is 7.33. The molecule has 0 bridgehead atoms. The van der Waals surface area contributed by atoms with Crippen LogP contribution >= 0.6 is 0 Å². The number of methoxy groups -OCH3 is 1. The van der Waals surface area contributed by atoms with E-state index in [1.807, 2.05) is 35.2 Å². The van der Waals surface area contributed by atoms with Gasteiger partial charge in [0.2, 0.25) is 5.91 Å². The molecule has 2 saturated heterocycles. The molecule has 10 heteroatoms. The maximum Gasteiger partial charge on any atom is 0.407 e. The van der Waals surface area contributed by atoms with E-state index in [4.69, 9.17) is 9.15 Å². The van der Waals surface area contributed by atoms with Crippen molar-refractivity contribution in [3.63, 3.8) is 0 Å². The minimum absolute atomic E-state index is 0.0400. The smallest absolute Gasteiger partial charge is 0.407 e. The molecule has 2 aliphatic heterocycles. The fraction of sp³-hybridized carbons (Fsp3) is 0.400. The number of hydrogen-bond donors (Lipinski definition) is 1. The van der Waals surface area contributed by atoms with Crippen LogP contribution in [0.2, 0.25) is 0 Å². The molecule has 30 heavy (non-hydrogen) atoms. The fourth-order valence-corrected chi connectivity index (χ4v) is 4.21. The summed E-state index contributed by atoms with van der Waals surface area (Å²) < 4.78 is 10.1. The minimum atomic E-state index is -0.984. The number of anilines is 1. The number of para-hydroxylation sites is 1. The minimum Gasteiger partial charge on any atom is -0.465 e. The van der Waals surface area contributed by atoms with Crippen LogP contribution in [0.5, 0.6) is 0 Å². The van der Waals surface area contributed by atoms with Crippen molar-refractivity contribution in [2.75, 3.05) is 31.8 Å². The van der Waals surface area contributed by atoms with E-state index in [9.17, 15) is 19.5 Å². The van der Waals surface area contributed by atoms with Crippen LogP contribution in [0.4, 0.5) is 10.5 Å². The van der Waals surface area contributed by atoms with Crippen LogP contribution < -0.4 is 4.90 Å². The lowest BCUT2D eigenvalue weighted by Crippen LogP contribution is -2.57. The van der Waals surface area contributed by atoms with Crippen molar-refractivity contribution in [3.05, 3.63) is 48.2 Å². The third-order valence-electron chi connectivity index (χ3n) is 5.80. The number of benzene rings is 1. The average Bonchev–Trinajstić information content (AvgIpc) is 3.33. The molecule has 0 radical (unpaired) electrons. The summed E-state index contributed by atoms with van der Waals surface area (Å²) in [6.45, 7) is 0.899.